The maximum atomic E-state index is 12.0. The van der Waals surface area contributed by atoms with Crippen LogP contribution >= 0.6 is 0 Å². The van der Waals surface area contributed by atoms with E-state index < -0.39 is 0 Å². The van der Waals surface area contributed by atoms with Crippen molar-refractivity contribution in [1.29, 1.82) is 0 Å². The number of pyridine rings is 2. The number of amides is 1. The fourth-order valence-corrected chi connectivity index (χ4v) is 3.90. The van der Waals surface area contributed by atoms with Crippen LogP contribution < -0.4 is 10.6 Å². The summed E-state index contributed by atoms with van der Waals surface area (Å²) >= 11 is 0. The number of nitrogens with one attached hydrogen (secondary N) is 3. The molecule has 0 spiro atoms. The highest BCUT2D eigenvalue weighted by Gasteiger charge is 2.40. The molecule has 3 aromatic heterocycles. The zero-order chi connectivity index (χ0) is 19.8. The average Bonchev–Trinajstić information content (AvgIpc) is 3.10. The number of carbonyl (C=O) groups excluding carboxylic acids is 1. The third-order valence-electron chi connectivity index (χ3n) is 5.87. The summed E-state index contributed by atoms with van der Waals surface area (Å²) < 4.78 is 5.61. The van der Waals surface area contributed by atoms with Crippen molar-refractivity contribution < 1.29 is 9.53 Å². The van der Waals surface area contributed by atoms with Crippen LogP contribution in [-0.4, -0.2) is 37.9 Å². The minimum Gasteiger partial charge on any atom is -0.446 e. The lowest BCUT2D eigenvalue weighted by atomic mass is 10.0. The summed E-state index contributed by atoms with van der Waals surface area (Å²) in [6.45, 7) is 2.05. The molecule has 3 heterocycles. The van der Waals surface area contributed by atoms with Gasteiger partial charge >= 0.3 is 6.09 Å². The fraction of sp³-hybridized carbons (Fsp3) is 0.429. The number of H-pyrrole nitrogens is 1. The number of alkyl carbamates (subject to hydrolysis) is 1. The van der Waals surface area contributed by atoms with Crippen LogP contribution in [0.3, 0.4) is 0 Å². The third-order valence-corrected chi connectivity index (χ3v) is 5.87. The number of carbonyl (C=O) groups is 1. The number of rotatable bonds is 5. The van der Waals surface area contributed by atoms with Crippen LogP contribution in [0, 0.1) is 0 Å². The van der Waals surface area contributed by atoms with E-state index in [-0.39, 0.29) is 17.7 Å². The lowest BCUT2D eigenvalue weighted by Crippen LogP contribution is -2.36. The predicted molar refractivity (Wildman–Crippen MR) is 109 cm³/mol. The highest BCUT2D eigenvalue weighted by atomic mass is 16.6. The van der Waals surface area contributed by atoms with Gasteiger partial charge in [0.15, 0.2) is 11.6 Å². The van der Waals surface area contributed by atoms with Gasteiger partial charge in [-0.1, -0.05) is 6.07 Å². The number of aromatic amines is 1. The molecule has 8 nitrogen and oxygen atoms in total. The van der Waals surface area contributed by atoms with Gasteiger partial charge < -0.3 is 15.4 Å². The zero-order valence-electron chi connectivity index (χ0n) is 16.3. The van der Waals surface area contributed by atoms with E-state index in [1.165, 1.54) is 0 Å². The first kappa shape index (κ1) is 17.9. The Morgan fingerprint density at radius 1 is 1.24 bits per heavy atom. The standard InChI is InChI=1S/C21H24N6O2/c1-21(7-8-21)25-20(28)29-15-5-4-14(11-15)16-12-17(27-26-16)24-19-18-13(6-10-23-19)3-2-9-22-18/h2-3,6,9-10,12,14-15H,4-5,7-8,11H2,1H3,(H,25,28)(H2,23,24,26,27)/t14-,15+/m0/s1. The maximum absolute atomic E-state index is 12.0. The summed E-state index contributed by atoms with van der Waals surface area (Å²) in [6.07, 6.45) is 7.86. The van der Waals surface area contributed by atoms with Gasteiger partial charge in [0.1, 0.15) is 11.6 Å². The minimum atomic E-state index is -0.294. The highest BCUT2D eigenvalue weighted by Crippen LogP contribution is 2.37. The molecule has 2 atom stereocenters. The van der Waals surface area contributed by atoms with Gasteiger partial charge in [-0.05, 0) is 51.2 Å². The molecule has 0 aliphatic heterocycles. The van der Waals surface area contributed by atoms with Gasteiger partial charge in [0.2, 0.25) is 0 Å². The van der Waals surface area contributed by atoms with E-state index in [9.17, 15) is 4.79 Å². The Kier molecular flexibility index (Phi) is 4.34. The first-order valence-electron chi connectivity index (χ1n) is 10.1. The smallest absolute Gasteiger partial charge is 0.407 e. The average molecular weight is 392 g/mol. The van der Waals surface area contributed by atoms with E-state index in [2.05, 4.69) is 30.8 Å². The van der Waals surface area contributed by atoms with Gasteiger partial charge in [0, 0.05) is 41.0 Å². The first-order chi connectivity index (χ1) is 14.1. The number of aromatic nitrogens is 4. The monoisotopic (exact) mass is 392 g/mol. The molecule has 0 unspecified atom stereocenters. The summed E-state index contributed by atoms with van der Waals surface area (Å²) in [6, 6.07) is 7.84. The van der Waals surface area contributed by atoms with E-state index in [0.29, 0.717) is 17.6 Å². The van der Waals surface area contributed by atoms with Crippen molar-refractivity contribution in [3.05, 3.63) is 42.4 Å². The zero-order valence-corrected chi connectivity index (χ0v) is 16.3. The number of hydrogen-bond donors (Lipinski definition) is 3. The molecule has 2 aliphatic carbocycles. The Bertz CT molecular complexity index is 1040. The Morgan fingerprint density at radius 2 is 2.14 bits per heavy atom. The second-order valence-corrected chi connectivity index (χ2v) is 8.29. The van der Waals surface area contributed by atoms with Gasteiger partial charge in [-0.25, -0.2) is 9.78 Å². The van der Waals surface area contributed by atoms with Gasteiger partial charge in [-0.2, -0.15) is 5.10 Å². The summed E-state index contributed by atoms with van der Waals surface area (Å²) in [5, 5.41) is 14.7. The number of anilines is 2. The van der Waals surface area contributed by atoms with Gasteiger partial charge in [-0.3, -0.25) is 10.1 Å². The predicted octanol–water partition coefficient (Wildman–Crippen LogP) is 4.01. The van der Waals surface area contributed by atoms with E-state index in [4.69, 9.17) is 4.74 Å². The van der Waals surface area contributed by atoms with Crippen molar-refractivity contribution in [3.8, 4) is 0 Å². The molecule has 0 bridgehead atoms. The second-order valence-electron chi connectivity index (χ2n) is 8.29. The van der Waals surface area contributed by atoms with Gasteiger partial charge in [0.05, 0.1) is 0 Å². The number of fused-ring (bicyclic) bond motifs is 1. The fourth-order valence-electron chi connectivity index (χ4n) is 3.90. The Morgan fingerprint density at radius 3 is 3.00 bits per heavy atom. The molecule has 2 fully saturated rings. The van der Waals surface area contributed by atoms with Crippen LogP contribution in [-0.2, 0) is 4.74 Å². The highest BCUT2D eigenvalue weighted by molar-refractivity contribution is 5.89. The van der Waals surface area contributed by atoms with Crippen LogP contribution in [0.5, 0.6) is 0 Å². The van der Waals surface area contributed by atoms with E-state index in [0.717, 1.165) is 48.7 Å². The van der Waals surface area contributed by atoms with E-state index >= 15 is 0 Å². The quantitative estimate of drug-likeness (QED) is 0.606. The van der Waals surface area contributed by atoms with Crippen molar-refractivity contribution in [2.24, 2.45) is 0 Å². The number of ether oxygens (including phenoxy) is 1. The molecule has 0 radical (unpaired) electrons. The molecule has 150 valence electrons. The largest absolute Gasteiger partial charge is 0.446 e. The molecule has 0 aromatic carbocycles. The molecule has 3 aromatic rings. The Labute approximate surface area is 168 Å². The molecule has 2 saturated carbocycles. The molecule has 0 saturated heterocycles. The van der Waals surface area contributed by atoms with Crippen LogP contribution in [0.15, 0.2) is 36.7 Å². The van der Waals surface area contributed by atoms with Gasteiger partial charge in [0.25, 0.3) is 0 Å². The first-order valence-corrected chi connectivity index (χ1v) is 10.1. The summed E-state index contributed by atoms with van der Waals surface area (Å²) in [5.41, 5.74) is 1.80. The van der Waals surface area contributed by atoms with Crippen molar-refractivity contribution >= 4 is 28.6 Å². The maximum Gasteiger partial charge on any atom is 0.407 e. The number of hydrogen-bond acceptors (Lipinski definition) is 6. The summed E-state index contributed by atoms with van der Waals surface area (Å²) in [5.74, 6) is 1.68. The molecule has 3 N–H and O–H groups in total. The van der Waals surface area contributed by atoms with E-state index in [1.54, 1.807) is 12.4 Å². The summed E-state index contributed by atoms with van der Waals surface area (Å²) in [7, 11) is 0. The topological polar surface area (TPSA) is 105 Å². The van der Waals surface area contributed by atoms with Crippen molar-refractivity contribution in [3.63, 3.8) is 0 Å². The van der Waals surface area contributed by atoms with Crippen LogP contribution in [0.25, 0.3) is 10.9 Å². The van der Waals surface area contributed by atoms with Crippen molar-refractivity contribution in [1.82, 2.24) is 25.5 Å². The van der Waals surface area contributed by atoms with Crippen LogP contribution in [0.1, 0.15) is 50.6 Å². The van der Waals surface area contributed by atoms with E-state index in [1.807, 2.05) is 31.2 Å². The molecule has 1 amide bonds. The SMILES string of the molecule is CC1(NC(=O)O[C@@H]2CC[C@H](c3cc(Nc4nccc5cccnc45)n[nH]3)C2)CC1. The molecule has 8 heteroatoms. The van der Waals surface area contributed by atoms with Gasteiger partial charge in [-0.15, -0.1) is 0 Å². The van der Waals surface area contributed by atoms with Crippen LogP contribution in [0.4, 0.5) is 16.4 Å². The lowest BCUT2D eigenvalue weighted by molar-refractivity contribution is 0.0967. The minimum absolute atomic E-state index is 0.0500. The summed E-state index contributed by atoms with van der Waals surface area (Å²) in [4.78, 5) is 20.8. The second kappa shape index (κ2) is 7.02. The molecule has 29 heavy (non-hydrogen) atoms. The normalized spacial score (nSPS) is 22.4. The molecule has 2 aliphatic rings. The Balaban J connectivity index is 1.22. The van der Waals surface area contributed by atoms with Crippen molar-refractivity contribution in [2.75, 3.05) is 5.32 Å². The van der Waals surface area contributed by atoms with Crippen LogP contribution in [0.2, 0.25) is 0 Å². The Hall–Kier alpha value is -3.16. The number of nitrogens with zero attached hydrogens (tertiary/aromatic N) is 3. The lowest BCUT2D eigenvalue weighted by Gasteiger charge is -2.16. The molecule has 5 rings (SSSR count). The van der Waals surface area contributed by atoms with Crippen molar-refractivity contribution in [2.45, 2.75) is 56.6 Å². The third kappa shape index (κ3) is 3.87. The molecular formula is C21H24N6O2. The molecular weight excluding hydrogens is 368 g/mol.